The second-order valence-electron chi connectivity index (χ2n) is 5.81. The van der Waals surface area contributed by atoms with Crippen LogP contribution in [0, 0.1) is 5.92 Å². The van der Waals surface area contributed by atoms with Crippen LogP contribution in [-0.2, 0) is 24.3 Å². The van der Waals surface area contributed by atoms with Gasteiger partial charge < -0.3 is 10.1 Å². The fraction of sp³-hybridized carbons (Fsp3) is 0.438. The Morgan fingerprint density at radius 3 is 2.26 bits per heavy atom. The molecule has 0 saturated carbocycles. The number of halogens is 1. The van der Waals surface area contributed by atoms with E-state index in [1.807, 2.05) is 5.32 Å². The number of esters is 1. The van der Waals surface area contributed by atoms with Crippen LogP contribution in [-0.4, -0.2) is 45.5 Å². The predicted molar refractivity (Wildman–Crippen MR) is 98.6 cm³/mol. The van der Waals surface area contributed by atoms with Gasteiger partial charge in [0.25, 0.3) is 5.91 Å². The molecule has 11 heteroatoms. The molecular weight excluding hydrogens is 398 g/mol. The average molecular weight is 420 g/mol. The van der Waals surface area contributed by atoms with Crippen LogP contribution in [0.25, 0.3) is 0 Å². The first-order chi connectivity index (χ1) is 12.6. The molecule has 0 fully saturated rings. The number of carbonyl (C=O) groups is 3. The van der Waals surface area contributed by atoms with E-state index in [1.165, 1.54) is 24.3 Å². The molecule has 27 heavy (non-hydrogen) atoms. The van der Waals surface area contributed by atoms with Gasteiger partial charge in [-0.1, -0.05) is 25.4 Å². The lowest BCUT2D eigenvalue weighted by Crippen LogP contribution is -2.47. The molecule has 0 aliphatic carbocycles. The van der Waals surface area contributed by atoms with E-state index in [0.717, 1.165) is 0 Å². The monoisotopic (exact) mass is 419 g/mol. The van der Waals surface area contributed by atoms with Crippen molar-refractivity contribution >= 4 is 39.5 Å². The first kappa shape index (κ1) is 22.9. The minimum absolute atomic E-state index is 0.0701. The maximum absolute atomic E-state index is 12.4. The molecular formula is C16H22ClN3O6S. The van der Waals surface area contributed by atoms with Crippen molar-refractivity contribution in [3.05, 3.63) is 29.3 Å². The summed E-state index contributed by atoms with van der Waals surface area (Å²) in [5.74, 6) is -2.23. The Labute approximate surface area is 162 Å². The molecule has 0 heterocycles. The lowest BCUT2D eigenvalue weighted by molar-refractivity contribution is -0.150. The van der Waals surface area contributed by atoms with E-state index in [4.69, 9.17) is 16.3 Å². The number of urea groups is 1. The molecule has 0 radical (unpaired) electrons. The first-order valence-electron chi connectivity index (χ1n) is 8.09. The quantitative estimate of drug-likeness (QED) is 0.539. The third-order valence-electron chi connectivity index (χ3n) is 3.26. The Morgan fingerprint density at radius 1 is 1.15 bits per heavy atom. The number of ether oxygens (including phenoxy) is 1. The van der Waals surface area contributed by atoms with Crippen LogP contribution < -0.4 is 15.4 Å². The number of benzene rings is 1. The number of hydrogen-bond acceptors (Lipinski definition) is 6. The standard InChI is InChI=1S/C16H22ClN3O6S/c1-4-18-16(23)19-13(21)9-26-15(22)14(10(2)3)20-27(24,25)12-7-5-11(17)6-8-12/h5-8,10,14,20H,4,9H2,1-3H3,(H2,18,19,21,23)/t14-/m0/s1. The third kappa shape index (κ3) is 7.53. The van der Waals surface area contributed by atoms with Gasteiger partial charge in [-0.15, -0.1) is 0 Å². The number of sulfonamides is 1. The number of rotatable bonds is 8. The van der Waals surface area contributed by atoms with Gasteiger partial charge in [-0.3, -0.25) is 14.9 Å². The van der Waals surface area contributed by atoms with Gasteiger partial charge in [0.1, 0.15) is 6.04 Å². The summed E-state index contributed by atoms with van der Waals surface area (Å²) in [6, 6.07) is 3.47. The number of carbonyl (C=O) groups excluding carboxylic acids is 3. The Morgan fingerprint density at radius 2 is 1.74 bits per heavy atom. The molecule has 3 amide bonds. The van der Waals surface area contributed by atoms with E-state index in [-0.39, 0.29) is 4.90 Å². The minimum Gasteiger partial charge on any atom is -0.454 e. The van der Waals surface area contributed by atoms with Gasteiger partial charge >= 0.3 is 12.0 Å². The Kier molecular flexibility index (Phi) is 8.67. The van der Waals surface area contributed by atoms with Gasteiger partial charge in [-0.2, -0.15) is 4.72 Å². The fourth-order valence-electron chi connectivity index (χ4n) is 1.90. The van der Waals surface area contributed by atoms with Crippen LogP contribution in [0.1, 0.15) is 20.8 Å². The zero-order valence-corrected chi connectivity index (χ0v) is 16.7. The highest BCUT2D eigenvalue weighted by molar-refractivity contribution is 7.89. The van der Waals surface area contributed by atoms with Crippen molar-refractivity contribution in [1.29, 1.82) is 0 Å². The zero-order chi connectivity index (χ0) is 20.6. The van der Waals surface area contributed by atoms with Crippen molar-refractivity contribution < 1.29 is 27.5 Å². The number of hydrogen-bond donors (Lipinski definition) is 3. The van der Waals surface area contributed by atoms with Crippen LogP contribution in [0.5, 0.6) is 0 Å². The molecule has 150 valence electrons. The maximum atomic E-state index is 12.4. The number of amides is 3. The second kappa shape index (κ2) is 10.2. The molecule has 1 rings (SSSR count). The largest absolute Gasteiger partial charge is 0.454 e. The van der Waals surface area contributed by atoms with Crippen molar-refractivity contribution in [2.24, 2.45) is 5.92 Å². The van der Waals surface area contributed by atoms with Gasteiger partial charge in [-0.05, 0) is 37.1 Å². The van der Waals surface area contributed by atoms with Crippen LogP contribution >= 0.6 is 11.6 Å². The van der Waals surface area contributed by atoms with Crippen molar-refractivity contribution in [3.8, 4) is 0 Å². The van der Waals surface area contributed by atoms with Crippen LogP contribution in [0.3, 0.4) is 0 Å². The van der Waals surface area contributed by atoms with E-state index in [9.17, 15) is 22.8 Å². The third-order valence-corrected chi connectivity index (χ3v) is 4.97. The van der Waals surface area contributed by atoms with Crippen molar-refractivity contribution in [3.63, 3.8) is 0 Å². The lowest BCUT2D eigenvalue weighted by Gasteiger charge is -2.20. The Balaban J connectivity index is 2.74. The number of nitrogens with one attached hydrogen (secondary N) is 3. The average Bonchev–Trinajstić information content (AvgIpc) is 2.58. The molecule has 0 aromatic heterocycles. The molecule has 0 unspecified atom stereocenters. The lowest BCUT2D eigenvalue weighted by atomic mass is 10.1. The van der Waals surface area contributed by atoms with Crippen LogP contribution in [0.15, 0.2) is 29.2 Å². The summed E-state index contributed by atoms with van der Waals surface area (Å²) >= 11 is 5.74. The highest BCUT2D eigenvalue weighted by Gasteiger charge is 2.30. The molecule has 3 N–H and O–H groups in total. The van der Waals surface area contributed by atoms with Crippen molar-refractivity contribution in [2.45, 2.75) is 31.7 Å². The molecule has 9 nitrogen and oxygen atoms in total. The van der Waals surface area contributed by atoms with E-state index in [1.54, 1.807) is 20.8 Å². The summed E-state index contributed by atoms with van der Waals surface area (Å²) in [5, 5.41) is 4.68. The van der Waals surface area contributed by atoms with E-state index in [0.29, 0.717) is 11.6 Å². The molecule has 0 aliphatic heterocycles. The van der Waals surface area contributed by atoms with Crippen molar-refractivity contribution in [2.75, 3.05) is 13.2 Å². The van der Waals surface area contributed by atoms with E-state index >= 15 is 0 Å². The first-order valence-corrected chi connectivity index (χ1v) is 9.95. The van der Waals surface area contributed by atoms with Crippen LogP contribution in [0.4, 0.5) is 4.79 Å². The van der Waals surface area contributed by atoms with Gasteiger partial charge in [-0.25, -0.2) is 13.2 Å². The summed E-state index contributed by atoms with van der Waals surface area (Å²) in [7, 11) is -4.01. The van der Waals surface area contributed by atoms with E-state index in [2.05, 4.69) is 10.0 Å². The van der Waals surface area contributed by atoms with Gasteiger partial charge in [0, 0.05) is 11.6 Å². The molecule has 1 aromatic rings. The van der Waals surface area contributed by atoms with Gasteiger partial charge in [0.05, 0.1) is 4.90 Å². The van der Waals surface area contributed by atoms with Gasteiger partial charge in [0.2, 0.25) is 10.0 Å². The molecule has 0 bridgehead atoms. The number of imide groups is 1. The predicted octanol–water partition coefficient (Wildman–Crippen LogP) is 1.03. The molecule has 0 spiro atoms. The molecule has 0 aliphatic rings. The van der Waals surface area contributed by atoms with Gasteiger partial charge in [0.15, 0.2) is 6.61 Å². The molecule has 1 atom stereocenters. The minimum atomic E-state index is -4.01. The summed E-state index contributed by atoms with van der Waals surface area (Å²) in [4.78, 5) is 34.9. The summed E-state index contributed by atoms with van der Waals surface area (Å²) in [6.07, 6.45) is 0. The highest BCUT2D eigenvalue weighted by atomic mass is 35.5. The highest BCUT2D eigenvalue weighted by Crippen LogP contribution is 2.16. The molecule has 0 saturated heterocycles. The fourth-order valence-corrected chi connectivity index (χ4v) is 3.36. The summed E-state index contributed by atoms with van der Waals surface area (Å²) in [5.41, 5.74) is 0. The maximum Gasteiger partial charge on any atom is 0.324 e. The van der Waals surface area contributed by atoms with Crippen molar-refractivity contribution in [1.82, 2.24) is 15.4 Å². The molecule has 1 aromatic carbocycles. The summed E-state index contributed by atoms with van der Waals surface area (Å²) in [6.45, 7) is 4.50. The summed E-state index contributed by atoms with van der Waals surface area (Å²) < 4.78 is 31.9. The van der Waals surface area contributed by atoms with Crippen LogP contribution in [0.2, 0.25) is 5.02 Å². The normalized spacial score (nSPS) is 12.3. The SMILES string of the molecule is CCNC(=O)NC(=O)COC(=O)[C@@H](NS(=O)(=O)c1ccc(Cl)cc1)C(C)C. The Hall–Kier alpha value is -2.17. The topological polar surface area (TPSA) is 131 Å². The Bertz CT molecular complexity index is 780. The zero-order valence-electron chi connectivity index (χ0n) is 15.1. The smallest absolute Gasteiger partial charge is 0.324 e. The second-order valence-corrected chi connectivity index (χ2v) is 7.96. The van der Waals surface area contributed by atoms with E-state index < -0.39 is 46.5 Å².